The van der Waals surface area contributed by atoms with Gasteiger partial charge in [0.15, 0.2) is 5.96 Å². The second-order valence-corrected chi connectivity index (χ2v) is 10.1. The first-order chi connectivity index (χ1) is 21.3. The Hall–Kier alpha value is -4.87. The van der Waals surface area contributed by atoms with Gasteiger partial charge in [-0.25, -0.2) is 19.6 Å². The minimum atomic E-state index is -5.08. The summed E-state index contributed by atoms with van der Waals surface area (Å²) in [6, 6.07) is 12.8. The van der Waals surface area contributed by atoms with Gasteiger partial charge in [-0.05, 0) is 56.2 Å². The summed E-state index contributed by atoms with van der Waals surface area (Å²) in [5.74, 6) is -5.29. The molecular weight excluding hydrogens is 652 g/mol. The maximum atomic E-state index is 12.9. The number of hydrogen-bond acceptors (Lipinski definition) is 7. The Balaban J connectivity index is 0.000000440. The number of hydrogen-bond donors (Lipinski definition) is 7. The van der Waals surface area contributed by atoms with Crippen molar-refractivity contribution in [3.05, 3.63) is 58.9 Å². The Labute approximate surface area is 261 Å². The van der Waals surface area contributed by atoms with Gasteiger partial charge in [-0.15, -0.1) is 0 Å². The molecule has 2 aromatic carbocycles. The maximum Gasteiger partial charge on any atom is 0.490 e. The van der Waals surface area contributed by atoms with E-state index in [-0.39, 0.29) is 23.9 Å². The standard InChI is InChI=1S/C23H26ClN7O.2C2HF3O2/c1-13-6-11-17-16(12-13)20(29-18-4-2-3-5-19(18)30-23(25)26)31-21(28-17)22(32)27-15-9-7-14(24)8-10-15;2*3-2(4,5)1(6)7/h6-12,18-19H,2-5H2,1H3,(H,27,32)(H4,25,26,30)(H,28,29,31);2*(H,6,7). The summed E-state index contributed by atoms with van der Waals surface area (Å²) in [6.45, 7) is 2.01. The topological polar surface area (TPSA) is 203 Å². The lowest BCUT2D eigenvalue weighted by Gasteiger charge is -2.33. The third kappa shape index (κ3) is 11.9. The molecule has 4 rings (SSSR count). The number of carbonyl (C=O) groups is 3. The molecule has 1 amide bonds. The smallest absolute Gasteiger partial charge is 0.475 e. The highest BCUT2D eigenvalue weighted by molar-refractivity contribution is 6.30. The normalized spacial score (nSPS) is 16.1. The summed E-state index contributed by atoms with van der Waals surface area (Å²) in [7, 11) is 0. The Morgan fingerprint density at radius 3 is 1.93 bits per heavy atom. The van der Waals surface area contributed by atoms with E-state index in [4.69, 9.17) is 42.5 Å². The fourth-order valence-electron chi connectivity index (χ4n) is 4.03. The second-order valence-electron chi connectivity index (χ2n) is 9.68. The number of aromatic nitrogens is 2. The van der Waals surface area contributed by atoms with Crippen LogP contribution in [0, 0.1) is 12.3 Å². The molecule has 1 saturated carbocycles. The number of carbonyl (C=O) groups excluding carboxylic acids is 1. The van der Waals surface area contributed by atoms with Crippen LogP contribution in [0.5, 0.6) is 0 Å². The van der Waals surface area contributed by atoms with Crippen LogP contribution in [0.4, 0.5) is 37.8 Å². The van der Waals surface area contributed by atoms with Gasteiger partial charge in [-0.2, -0.15) is 26.3 Å². The van der Waals surface area contributed by atoms with E-state index in [9.17, 15) is 31.1 Å². The quantitative estimate of drug-likeness (QED) is 0.105. The number of nitrogens with zero attached hydrogens (tertiary/aromatic N) is 2. The zero-order valence-corrected chi connectivity index (χ0v) is 24.5. The molecule has 0 radical (unpaired) electrons. The number of alkyl halides is 6. The molecule has 1 aromatic heterocycles. The highest BCUT2D eigenvalue weighted by Gasteiger charge is 2.39. The van der Waals surface area contributed by atoms with Gasteiger partial charge < -0.3 is 31.9 Å². The molecule has 1 aliphatic carbocycles. The van der Waals surface area contributed by atoms with Crippen molar-refractivity contribution in [3.8, 4) is 0 Å². The third-order valence-electron chi connectivity index (χ3n) is 6.07. The maximum absolute atomic E-state index is 12.9. The molecule has 3 aromatic rings. The number of fused-ring (bicyclic) bond motifs is 1. The molecule has 19 heteroatoms. The summed E-state index contributed by atoms with van der Waals surface area (Å²) in [6.07, 6.45) is -6.21. The van der Waals surface area contributed by atoms with E-state index in [1.807, 2.05) is 25.1 Å². The van der Waals surface area contributed by atoms with Crippen LogP contribution in [0.2, 0.25) is 5.02 Å². The van der Waals surface area contributed by atoms with E-state index in [1.54, 1.807) is 24.3 Å². The number of anilines is 2. The lowest BCUT2D eigenvalue weighted by atomic mass is 9.90. The van der Waals surface area contributed by atoms with Crippen LogP contribution in [0.1, 0.15) is 41.9 Å². The number of nitrogens with two attached hydrogens (primary N) is 1. The van der Waals surface area contributed by atoms with Gasteiger partial charge in [0.2, 0.25) is 5.82 Å². The van der Waals surface area contributed by atoms with Crippen molar-refractivity contribution in [2.45, 2.75) is 57.0 Å². The summed E-state index contributed by atoms with van der Waals surface area (Å²) in [5, 5.41) is 32.7. The van der Waals surface area contributed by atoms with Gasteiger partial charge in [0.1, 0.15) is 5.82 Å². The molecule has 1 heterocycles. The van der Waals surface area contributed by atoms with Crippen molar-refractivity contribution in [1.82, 2.24) is 15.3 Å². The van der Waals surface area contributed by atoms with Gasteiger partial charge in [0.05, 0.1) is 5.52 Å². The molecule has 1 fully saturated rings. The molecule has 2 unspecified atom stereocenters. The largest absolute Gasteiger partial charge is 0.490 e. The molecule has 1 aliphatic rings. The number of aliphatic carboxylic acids is 2. The lowest BCUT2D eigenvalue weighted by Crippen LogP contribution is -2.50. The van der Waals surface area contributed by atoms with Crippen LogP contribution in [-0.4, -0.2) is 68.4 Å². The van der Waals surface area contributed by atoms with Crippen molar-refractivity contribution in [1.29, 1.82) is 5.41 Å². The van der Waals surface area contributed by atoms with Crippen LogP contribution in [0.15, 0.2) is 42.5 Å². The van der Waals surface area contributed by atoms with E-state index in [0.29, 0.717) is 22.0 Å². The van der Waals surface area contributed by atoms with Crippen LogP contribution >= 0.6 is 11.6 Å². The SMILES string of the molecule is Cc1ccc2nc(C(=O)Nc3ccc(Cl)cc3)nc(NC3CCCCC3NC(=N)N)c2c1.O=C(O)C(F)(F)F.O=C(O)C(F)(F)F. The van der Waals surface area contributed by atoms with Crippen LogP contribution in [0.25, 0.3) is 10.9 Å². The van der Waals surface area contributed by atoms with Crippen LogP contribution < -0.4 is 21.7 Å². The molecular formula is C27H28ClF6N7O5. The van der Waals surface area contributed by atoms with E-state index >= 15 is 0 Å². The predicted molar refractivity (Wildman–Crippen MR) is 156 cm³/mol. The Morgan fingerprint density at radius 1 is 0.913 bits per heavy atom. The Kier molecular flexibility index (Phi) is 12.9. The van der Waals surface area contributed by atoms with Crippen LogP contribution in [-0.2, 0) is 9.59 Å². The zero-order valence-electron chi connectivity index (χ0n) is 23.8. The van der Waals surface area contributed by atoms with E-state index in [1.165, 1.54) is 0 Å². The van der Waals surface area contributed by atoms with Gasteiger partial charge >= 0.3 is 24.3 Å². The summed E-state index contributed by atoms with van der Waals surface area (Å²) in [4.78, 5) is 39.8. The average molecular weight is 680 g/mol. The first-order valence-electron chi connectivity index (χ1n) is 13.1. The fraction of sp³-hybridized carbons (Fsp3) is 0.333. The van der Waals surface area contributed by atoms with Gasteiger partial charge in [0, 0.05) is 28.2 Å². The second kappa shape index (κ2) is 15.9. The number of aryl methyl sites for hydroxylation is 1. The van der Waals surface area contributed by atoms with Gasteiger partial charge in [0.25, 0.3) is 5.91 Å². The first kappa shape index (κ1) is 37.3. The first-order valence-corrected chi connectivity index (χ1v) is 13.5. The fourth-order valence-corrected chi connectivity index (χ4v) is 4.15. The number of guanidine groups is 1. The highest BCUT2D eigenvalue weighted by Crippen LogP contribution is 2.27. The number of carboxylic acids is 2. The number of carboxylic acid groups (broad SMARTS) is 2. The predicted octanol–water partition coefficient (Wildman–Crippen LogP) is 5.32. The van der Waals surface area contributed by atoms with Gasteiger partial charge in [-0.3, -0.25) is 10.2 Å². The number of nitrogens with one attached hydrogen (secondary N) is 4. The summed E-state index contributed by atoms with van der Waals surface area (Å²) in [5.41, 5.74) is 7.96. The van der Waals surface area contributed by atoms with Crippen molar-refractivity contribution in [3.63, 3.8) is 0 Å². The minimum absolute atomic E-state index is 0.0161. The molecule has 12 nitrogen and oxygen atoms in total. The van der Waals surface area contributed by atoms with Crippen molar-refractivity contribution >= 4 is 57.8 Å². The Bertz CT molecular complexity index is 1530. The average Bonchev–Trinajstić information content (AvgIpc) is 2.95. The van der Waals surface area contributed by atoms with Crippen LogP contribution in [0.3, 0.4) is 0 Å². The molecule has 250 valence electrons. The van der Waals surface area contributed by atoms with E-state index in [0.717, 1.165) is 36.6 Å². The van der Waals surface area contributed by atoms with E-state index < -0.39 is 30.2 Å². The lowest BCUT2D eigenvalue weighted by molar-refractivity contribution is -0.193. The molecule has 46 heavy (non-hydrogen) atoms. The minimum Gasteiger partial charge on any atom is -0.475 e. The van der Waals surface area contributed by atoms with Crippen molar-refractivity contribution in [2.24, 2.45) is 5.73 Å². The zero-order chi connectivity index (χ0) is 34.8. The van der Waals surface area contributed by atoms with Gasteiger partial charge in [-0.1, -0.05) is 36.1 Å². The third-order valence-corrected chi connectivity index (χ3v) is 6.32. The molecule has 0 bridgehead atoms. The molecule has 0 saturated heterocycles. The number of benzene rings is 2. The molecule has 8 N–H and O–H groups in total. The van der Waals surface area contributed by atoms with Crippen molar-refractivity contribution < 1.29 is 50.9 Å². The van der Waals surface area contributed by atoms with E-state index in [2.05, 4.69) is 25.9 Å². The summed E-state index contributed by atoms with van der Waals surface area (Å²) < 4.78 is 63.5. The number of halogens is 7. The monoisotopic (exact) mass is 679 g/mol. The highest BCUT2D eigenvalue weighted by atomic mass is 35.5. The summed E-state index contributed by atoms with van der Waals surface area (Å²) >= 11 is 5.93. The van der Waals surface area contributed by atoms with Crippen molar-refractivity contribution in [2.75, 3.05) is 10.6 Å². The molecule has 2 atom stereocenters. The molecule has 0 spiro atoms. The number of amides is 1. The molecule has 0 aliphatic heterocycles. The number of rotatable bonds is 5. The Morgan fingerprint density at radius 2 is 1.43 bits per heavy atom.